The molecule has 14 nitrogen and oxygen atoms in total. The third kappa shape index (κ3) is 14.6. The van der Waals surface area contributed by atoms with Crippen LogP contribution >= 0.6 is 22.9 Å². The summed E-state index contributed by atoms with van der Waals surface area (Å²) in [7, 11) is -4.43. The van der Waals surface area contributed by atoms with E-state index in [1.165, 1.54) is 95.0 Å². The molecule has 1 aliphatic carbocycles. The Kier molecular flexibility index (Phi) is 21.6. The molecule has 7 aliphatic rings. The van der Waals surface area contributed by atoms with Crippen LogP contribution in [0.3, 0.4) is 0 Å². The summed E-state index contributed by atoms with van der Waals surface area (Å²) in [5.41, 5.74) is 5.58. The van der Waals surface area contributed by atoms with Crippen molar-refractivity contribution in [3.8, 4) is 17.1 Å². The number of halogens is 4. The molecule has 3 spiro atoms. The predicted octanol–water partition coefficient (Wildman–Crippen LogP) is -0.241. The molecule has 6 saturated heterocycles. The van der Waals surface area contributed by atoms with Crippen LogP contribution in [-0.2, 0) is 35.5 Å². The Balaban J connectivity index is 0.000000244. The Labute approximate surface area is 441 Å². The minimum absolute atomic E-state index is 0. The van der Waals surface area contributed by atoms with E-state index in [0.717, 1.165) is 81.4 Å². The number of hydrogen-bond acceptors (Lipinski definition) is 13. The van der Waals surface area contributed by atoms with E-state index in [1.54, 1.807) is 28.5 Å². The van der Waals surface area contributed by atoms with Crippen molar-refractivity contribution in [1.29, 1.82) is 0 Å². The standard InChI is InChI=1S/C26H34N6O5S2.C9H17NO.C8H14O.CH2BClF2.FH.K/c1-17-19(14-31-6-4-26(5-7-31)15-37-16-26)22-23(38-17)21(28-25(29-22)32-8-10-36-11-9-32)18-12-20(30-39(3,33)34)24(35-2)27-13-18;1-2-10-5-3-9(4-6-10)7-11-8-9;1-2-4-8(5-3-1)6-9-7-8;3-1-2(4)5;;/h12-13,30H,4-11,14-16H2,1-3H3;2-8H2,1H3;1-7H2;1H2;1H;/q;;;;;+1. The molecule has 0 atom stereocenters. The van der Waals surface area contributed by atoms with Crippen LogP contribution in [0.4, 0.5) is 20.3 Å². The number of anilines is 2. The van der Waals surface area contributed by atoms with Gasteiger partial charge in [0.25, 0.3) is 0 Å². The molecule has 0 radical (unpaired) electrons. The number of aryl methyl sites for hydroxylation is 1. The van der Waals surface area contributed by atoms with Gasteiger partial charge >= 0.3 is 58.7 Å². The molecule has 1 saturated carbocycles. The molecular formula is C44H68BClF3KN7O7S2+. The molecule has 7 fully saturated rings. The molecule has 0 amide bonds. The molecule has 3 aromatic heterocycles. The van der Waals surface area contributed by atoms with Crippen LogP contribution in [-0.4, -0.2) is 153 Å². The molecular weight excluding hydrogens is 945 g/mol. The summed E-state index contributed by atoms with van der Waals surface area (Å²) in [5.74, 6) is 0.295. The quantitative estimate of drug-likeness (QED) is 0.216. The summed E-state index contributed by atoms with van der Waals surface area (Å²) >= 11 is 6.26. The van der Waals surface area contributed by atoms with Crippen molar-refractivity contribution in [2.45, 2.75) is 78.2 Å². The zero-order valence-electron chi connectivity index (χ0n) is 39.5. The van der Waals surface area contributed by atoms with Gasteiger partial charge in [-0.25, -0.2) is 23.4 Å². The van der Waals surface area contributed by atoms with Crippen molar-refractivity contribution >= 4 is 62.1 Å². The number of fused-ring (bicyclic) bond motifs is 1. The van der Waals surface area contributed by atoms with Gasteiger partial charge in [-0.1, -0.05) is 19.3 Å². The van der Waals surface area contributed by atoms with Gasteiger partial charge in [0, 0.05) is 70.9 Å². The first kappa shape index (κ1) is 56.0. The largest absolute Gasteiger partial charge is 1.00 e. The summed E-state index contributed by atoms with van der Waals surface area (Å²) in [6, 6.07) is 1.73. The van der Waals surface area contributed by atoms with Gasteiger partial charge in [-0.15, -0.1) is 22.9 Å². The number of rotatable bonds is 9. The fraction of sp³-hybridized carbons (Fsp3) is 0.750. The summed E-state index contributed by atoms with van der Waals surface area (Å²) < 4.78 is 75.7. The maximum Gasteiger partial charge on any atom is 1.00 e. The second kappa shape index (κ2) is 25.5. The topological polar surface area (TPSA) is 142 Å². The average molecular weight is 1010 g/mol. The number of methoxy groups -OCH3 is 1. The van der Waals surface area contributed by atoms with E-state index in [2.05, 4.69) is 45.0 Å². The number of aromatic nitrogens is 3. The minimum atomic E-state index is -3.54. The van der Waals surface area contributed by atoms with E-state index >= 15 is 0 Å². The van der Waals surface area contributed by atoms with Gasteiger partial charge in [0.05, 0.1) is 108 Å². The first-order valence-electron chi connectivity index (χ1n) is 23.0. The molecule has 6 aliphatic heterocycles. The molecule has 3 aromatic rings. The van der Waals surface area contributed by atoms with E-state index in [4.69, 9.17) is 33.7 Å². The Morgan fingerprint density at radius 1 is 0.894 bits per heavy atom. The smallest absolute Gasteiger partial charge is 1.00 e. The molecule has 0 aromatic carbocycles. The number of piperidine rings is 2. The van der Waals surface area contributed by atoms with Gasteiger partial charge in [0.2, 0.25) is 21.9 Å². The Morgan fingerprint density at radius 2 is 1.45 bits per heavy atom. The number of pyridine rings is 1. The number of alkyl halides is 1. The van der Waals surface area contributed by atoms with Gasteiger partial charge in [-0.2, -0.15) is 0 Å². The fourth-order valence-corrected chi connectivity index (χ4v) is 11.3. The molecule has 66 heavy (non-hydrogen) atoms. The maximum atomic E-state index is 12.0. The van der Waals surface area contributed by atoms with Crippen LogP contribution in [0.2, 0.25) is 0 Å². The van der Waals surface area contributed by atoms with Crippen molar-refractivity contribution < 1.29 is 102 Å². The third-order valence-electron chi connectivity index (χ3n) is 14.0. The Bertz CT molecular complexity index is 2090. The first-order valence-corrected chi connectivity index (χ1v) is 26.3. The van der Waals surface area contributed by atoms with E-state index in [0.29, 0.717) is 54.1 Å². The number of sulfonamides is 1. The second-order valence-corrected chi connectivity index (χ2v) is 22.2. The summed E-state index contributed by atoms with van der Waals surface area (Å²) in [6.45, 7) is 20.1. The number of quaternary nitrogens is 1. The fourth-order valence-electron chi connectivity index (χ4n) is 9.66. The van der Waals surface area contributed by atoms with Gasteiger partial charge in [-0.05, 0) is 58.7 Å². The van der Waals surface area contributed by atoms with Crippen LogP contribution in [0.15, 0.2) is 12.3 Å². The molecule has 364 valence electrons. The number of hydrogen-bond donors (Lipinski definition) is 2. The average Bonchev–Trinajstić information content (AvgIpc) is 3.59. The molecule has 0 bridgehead atoms. The number of thiophene rings is 1. The van der Waals surface area contributed by atoms with Crippen LogP contribution < -0.4 is 75.3 Å². The molecule has 0 unspecified atom stereocenters. The molecule has 2 N–H and O–H groups in total. The Hall–Kier alpha value is -0.919. The molecule has 10 rings (SSSR count). The summed E-state index contributed by atoms with van der Waals surface area (Å²) in [6.07, 6.45) is 15.1. The first-order chi connectivity index (χ1) is 30.8. The number of nitrogens with one attached hydrogen (secondary N) is 2. The zero-order chi connectivity index (χ0) is 45.4. The van der Waals surface area contributed by atoms with Gasteiger partial charge in [0.15, 0.2) is 0 Å². The van der Waals surface area contributed by atoms with Gasteiger partial charge in [-0.3, -0.25) is 18.3 Å². The normalized spacial score (nSPS) is 21.7. The summed E-state index contributed by atoms with van der Waals surface area (Å²) in [4.78, 5) is 22.2. The van der Waals surface area contributed by atoms with Gasteiger partial charge in [0.1, 0.15) is 5.69 Å². The van der Waals surface area contributed by atoms with Crippen molar-refractivity contribution in [2.24, 2.45) is 16.2 Å². The summed E-state index contributed by atoms with van der Waals surface area (Å²) in [5, 5.41) is 0. The number of nitrogens with zero attached hydrogens (tertiary/aromatic N) is 5. The van der Waals surface area contributed by atoms with Crippen molar-refractivity contribution in [2.75, 3.05) is 127 Å². The van der Waals surface area contributed by atoms with Crippen molar-refractivity contribution in [1.82, 2.24) is 19.9 Å². The van der Waals surface area contributed by atoms with E-state index in [9.17, 15) is 17.0 Å². The monoisotopic (exact) mass is 1010 g/mol. The van der Waals surface area contributed by atoms with Crippen LogP contribution in [0, 0.1) is 23.2 Å². The molecule has 22 heteroatoms. The number of ether oxygens (including phenoxy) is 5. The minimum Gasteiger partial charge on any atom is -1.00 e. The second-order valence-electron chi connectivity index (χ2n) is 18.9. The van der Waals surface area contributed by atoms with Gasteiger partial charge < -0.3 is 38.2 Å². The van der Waals surface area contributed by atoms with E-state index < -0.39 is 23.1 Å². The van der Waals surface area contributed by atoms with Crippen molar-refractivity contribution in [3.05, 3.63) is 22.7 Å². The Morgan fingerprint density at radius 3 is 1.94 bits per heavy atom. The van der Waals surface area contributed by atoms with Crippen molar-refractivity contribution in [3.63, 3.8) is 0 Å². The number of likely N-dealkylation sites (tertiary alicyclic amines) is 2. The van der Waals surface area contributed by atoms with Crippen LogP contribution in [0.1, 0.15) is 75.2 Å². The maximum absolute atomic E-state index is 12.0. The van der Waals surface area contributed by atoms with Crippen LogP contribution in [0.25, 0.3) is 21.5 Å². The predicted molar refractivity (Wildman–Crippen MR) is 250 cm³/mol. The number of morpholine rings is 1. The SMILES string of the molecule is C1CCC2(CC1)COC2.CC[NH+]1CCC2(CC1)COC2.COc1ncc(-c2nc(N3CCOCC3)nc3c(CN4CCC5(CC4)COC5)c(C)sc23)cc1NS(C)(=O)=O.FB(F)CCl.[F-].[K+]. The zero-order valence-corrected chi connectivity index (χ0v) is 45.1. The molecule has 9 heterocycles. The van der Waals surface area contributed by atoms with E-state index in [-0.39, 0.29) is 67.7 Å². The van der Waals surface area contributed by atoms with E-state index in [1.807, 2.05) is 0 Å². The van der Waals surface area contributed by atoms with Crippen LogP contribution in [0.5, 0.6) is 5.88 Å². The third-order valence-corrected chi connectivity index (χ3v) is 16.0.